The van der Waals surface area contributed by atoms with Crippen LogP contribution >= 0.6 is 27.3 Å². The van der Waals surface area contributed by atoms with E-state index < -0.39 is 0 Å². The molecule has 96 valence electrons. The van der Waals surface area contributed by atoms with Crippen LogP contribution in [0.1, 0.15) is 13.3 Å². The third-order valence-electron chi connectivity index (χ3n) is 2.38. The van der Waals surface area contributed by atoms with Crippen LogP contribution in [0.2, 0.25) is 0 Å². The third-order valence-corrected chi connectivity index (χ3v) is 4.25. The first kappa shape index (κ1) is 13.4. The van der Waals surface area contributed by atoms with E-state index in [2.05, 4.69) is 15.9 Å². The minimum absolute atomic E-state index is 0.251. The van der Waals surface area contributed by atoms with E-state index in [4.69, 9.17) is 9.47 Å². The average molecular weight is 329 g/mol. The van der Waals surface area contributed by atoms with E-state index in [1.54, 1.807) is 11.3 Å². The molecule has 0 spiro atoms. The Morgan fingerprint density at radius 1 is 1.33 bits per heavy atom. The molecule has 1 aromatic heterocycles. The standard InChI is InChI=1S/C13H13BrO3S/c1-9(15)16-6-2-7-17-12-4-3-11(14)13-10(12)5-8-18-13/h3-5,8H,2,6-7H2,1H3. The first-order valence-electron chi connectivity index (χ1n) is 5.60. The summed E-state index contributed by atoms with van der Waals surface area (Å²) in [6.45, 7) is 2.35. The second-order valence-corrected chi connectivity index (χ2v) is 5.52. The molecule has 3 nitrogen and oxygen atoms in total. The van der Waals surface area contributed by atoms with Gasteiger partial charge in [-0.1, -0.05) is 0 Å². The van der Waals surface area contributed by atoms with Crippen molar-refractivity contribution in [2.45, 2.75) is 13.3 Å². The largest absolute Gasteiger partial charge is 0.493 e. The minimum atomic E-state index is -0.251. The van der Waals surface area contributed by atoms with Gasteiger partial charge in [-0.05, 0) is 39.5 Å². The van der Waals surface area contributed by atoms with Crippen LogP contribution in [-0.2, 0) is 9.53 Å². The van der Waals surface area contributed by atoms with Gasteiger partial charge in [-0.2, -0.15) is 0 Å². The smallest absolute Gasteiger partial charge is 0.302 e. The Hall–Kier alpha value is -1.07. The molecule has 0 N–H and O–H groups in total. The van der Waals surface area contributed by atoms with Crippen LogP contribution in [0.3, 0.4) is 0 Å². The van der Waals surface area contributed by atoms with E-state index in [1.807, 2.05) is 23.6 Å². The molecule has 0 unspecified atom stereocenters. The third kappa shape index (κ3) is 3.23. The Labute approximate surface area is 118 Å². The summed E-state index contributed by atoms with van der Waals surface area (Å²) in [5, 5.41) is 3.16. The summed E-state index contributed by atoms with van der Waals surface area (Å²) in [5.74, 6) is 0.621. The molecular formula is C13H13BrO3S. The van der Waals surface area contributed by atoms with Gasteiger partial charge in [0.05, 0.1) is 17.9 Å². The van der Waals surface area contributed by atoms with Gasteiger partial charge in [0.1, 0.15) is 5.75 Å². The van der Waals surface area contributed by atoms with Crippen molar-refractivity contribution >= 4 is 43.3 Å². The Bertz CT molecular complexity index is 550. The fourth-order valence-corrected chi connectivity index (χ4v) is 3.03. The number of esters is 1. The molecule has 0 fully saturated rings. The summed E-state index contributed by atoms with van der Waals surface area (Å²) in [6.07, 6.45) is 0.696. The zero-order valence-corrected chi connectivity index (χ0v) is 12.3. The Morgan fingerprint density at radius 3 is 2.94 bits per heavy atom. The molecular weight excluding hydrogens is 316 g/mol. The highest BCUT2D eigenvalue weighted by Crippen LogP contribution is 2.35. The lowest BCUT2D eigenvalue weighted by Crippen LogP contribution is -2.05. The van der Waals surface area contributed by atoms with Crippen molar-refractivity contribution in [1.82, 2.24) is 0 Å². The molecule has 0 bridgehead atoms. The van der Waals surface area contributed by atoms with Crippen molar-refractivity contribution < 1.29 is 14.3 Å². The monoisotopic (exact) mass is 328 g/mol. The lowest BCUT2D eigenvalue weighted by molar-refractivity contribution is -0.141. The van der Waals surface area contributed by atoms with E-state index in [0.29, 0.717) is 19.6 Å². The number of ether oxygens (including phenoxy) is 2. The van der Waals surface area contributed by atoms with Crippen molar-refractivity contribution in [3.63, 3.8) is 0 Å². The number of halogens is 1. The molecule has 5 heteroatoms. The molecule has 0 amide bonds. The zero-order valence-electron chi connectivity index (χ0n) is 9.94. The summed E-state index contributed by atoms with van der Waals surface area (Å²) in [5.41, 5.74) is 0. The fourth-order valence-electron chi connectivity index (χ4n) is 1.59. The fraction of sp³-hybridized carbons (Fsp3) is 0.308. The first-order valence-corrected chi connectivity index (χ1v) is 7.27. The summed E-state index contributed by atoms with van der Waals surface area (Å²) < 4.78 is 12.8. The number of hydrogen-bond acceptors (Lipinski definition) is 4. The molecule has 0 saturated carbocycles. The number of fused-ring (bicyclic) bond motifs is 1. The van der Waals surface area contributed by atoms with E-state index in [1.165, 1.54) is 11.6 Å². The number of thiophene rings is 1. The molecule has 1 aromatic carbocycles. The van der Waals surface area contributed by atoms with Crippen LogP contribution in [0.25, 0.3) is 10.1 Å². The minimum Gasteiger partial charge on any atom is -0.493 e. The van der Waals surface area contributed by atoms with Gasteiger partial charge in [-0.25, -0.2) is 0 Å². The maximum Gasteiger partial charge on any atom is 0.302 e. The van der Waals surface area contributed by atoms with Gasteiger partial charge in [-0.15, -0.1) is 11.3 Å². The van der Waals surface area contributed by atoms with Crippen LogP contribution in [0.5, 0.6) is 5.75 Å². The topological polar surface area (TPSA) is 35.5 Å². The normalized spacial score (nSPS) is 10.6. The molecule has 0 saturated heterocycles. The molecule has 0 aliphatic rings. The number of carbonyl (C=O) groups is 1. The predicted octanol–water partition coefficient (Wildman–Crippen LogP) is 4.00. The van der Waals surface area contributed by atoms with E-state index in [-0.39, 0.29) is 5.97 Å². The molecule has 0 radical (unpaired) electrons. The molecule has 0 atom stereocenters. The molecule has 1 heterocycles. The highest BCUT2D eigenvalue weighted by molar-refractivity contribution is 9.10. The van der Waals surface area contributed by atoms with Crippen LogP contribution in [0, 0.1) is 0 Å². The summed E-state index contributed by atoms with van der Waals surface area (Å²) in [7, 11) is 0. The SMILES string of the molecule is CC(=O)OCCCOc1ccc(Br)c2sccc12. The van der Waals surface area contributed by atoms with Gasteiger partial charge in [0, 0.05) is 23.2 Å². The van der Waals surface area contributed by atoms with Crippen molar-refractivity contribution in [2.24, 2.45) is 0 Å². The van der Waals surface area contributed by atoms with Crippen LogP contribution in [0.15, 0.2) is 28.1 Å². The molecule has 2 rings (SSSR count). The second kappa shape index (κ2) is 6.20. The van der Waals surface area contributed by atoms with Crippen LogP contribution < -0.4 is 4.74 Å². The van der Waals surface area contributed by atoms with Gasteiger partial charge in [0.15, 0.2) is 0 Å². The van der Waals surface area contributed by atoms with E-state index in [9.17, 15) is 4.79 Å². The summed E-state index contributed by atoms with van der Waals surface area (Å²) in [6, 6.07) is 5.98. The van der Waals surface area contributed by atoms with Gasteiger partial charge in [0.25, 0.3) is 0 Å². The molecule has 0 aliphatic heterocycles. The van der Waals surface area contributed by atoms with Gasteiger partial charge in [-0.3, -0.25) is 4.79 Å². The Morgan fingerprint density at radius 2 is 2.17 bits per heavy atom. The second-order valence-electron chi connectivity index (χ2n) is 3.75. The molecule has 0 aliphatic carbocycles. The van der Waals surface area contributed by atoms with Crippen LogP contribution in [-0.4, -0.2) is 19.2 Å². The van der Waals surface area contributed by atoms with Crippen molar-refractivity contribution in [3.05, 3.63) is 28.1 Å². The first-order chi connectivity index (χ1) is 8.68. The number of hydrogen-bond donors (Lipinski definition) is 0. The number of carbonyl (C=O) groups excluding carboxylic acids is 1. The zero-order chi connectivity index (χ0) is 13.0. The van der Waals surface area contributed by atoms with Gasteiger partial charge < -0.3 is 9.47 Å². The lowest BCUT2D eigenvalue weighted by atomic mass is 10.2. The highest BCUT2D eigenvalue weighted by atomic mass is 79.9. The maximum absolute atomic E-state index is 10.6. The van der Waals surface area contributed by atoms with E-state index >= 15 is 0 Å². The van der Waals surface area contributed by atoms with E-state index in [0.717, 1.165) is 15.6 Å². The number of rotatable bonds is 5. The quantitative estimate of drug-likeness (QED) is 0.614. The summed E-state index contributed by atoms with van der Waals surface area (Å²) >= 11 is 5.20. The Balaban J connectivity index is 1.94. The Kier molecular flexibility index (Phi) is 4.60. The lowest BCUT2D eigenvalue weighted by Gasteiger charge is -2.08. The molecule has 2 aromatic rings. The van der Waals surface area contributed by atoms with Gasteiger partial charge in [0.2, 0.25) is 0 Å². The van der Waals surface area contributed by atoms with Crippen molar-refractivity contribution in [3.8, 4) is 5.75 Å². The number of benzene rings is 1. The maximum atomic E-state index is 10.6. The molecule has 18 heavy (non-hydrogen) atoms. The van der Waals surface area contributed by atoms with Crippen molar-refractivity contribution in [2.75, 3.05) is 13.2 Å². The average Bonchev–Trinajstić information content (AvgIpc) is 2.81. The highest BCUT2D eigenvalue weighted by Gasteiger charge is 2.06. The van der Waals surface area contributed by atoms with Crippen molar-refractivity contribution in [1.29, 1.82) is 0 Å². The summed E-state index contributed by atoms with van der Waals surface area (Å²) in [4.78, 5) is 10.6. The van der Waals surface area contributed by atoms with Crippen LogP contribution in [0.4, 0.5) is 0 Å². The predicted molar refractivity (Wildman–Crippen MR) is 76.3 cm³/mol. The van der Waals surface area contributed by atoms with Gasteiger partial charge >= 0.3 is 5.97 Å².